The number of rotatable bonds is 3. The maximum Gasteiger partial charge on any atom is 0.0995 e. The van der Waals surface area contributed by atoms with Gasteiger partial charge < -0.3 is 5.32 Å². The molecule has 0 radical (unpaired) electrons. The van der Waals surface area contributed by atoms with E-state index in [2.05, 4.69) is 39.1 Å². The number of hydrogen-bond donors (Lipinski definition) is 1. The molecule has 0 bridgehead atoms. The van der Waals surface area contributed by atoms with Crippen molar-refractivity contribution in [2.24, 2.45) is 0 Å². The smallest absolute Gasteiger partial charge is 0.0995 e. The molecule has 0 aliphatic heterocycles. The van der Waals surface area contributed by atoms with Crippen LogP contribution in [0.4, 0.5) is 0 Å². The standard InChI is InChI=1S/C16H19Cl2NS/c1-8-6-9(2)11(4)14(10(8)3)15(19-5)12-7-13(17)20-16(12)18/h6-7,15,19H,1-5H3. The van der Waals surface area contributed by atoms with Crippen LogP contribution in [-0.2, 0) is 0 Å². The van der Waals surface area contributed by atoms with Crippen molar-refractivity contribution in [3.63, 3.8) is 0 Å². The van der Waals surface area contributed by atoms with Crippen molar-refractivity contribution in [1.82, 2.24) is 5.32 Å². The van der Waals surface area contributed by atoms with E-state index in [1.807, 2.05) is 13.1 Å². The summed E-state index contributed by atoms with van der Waals surface area (Å²) in [6.45, 7) is 8.65. The first-order valence-electron chi connectivity index (χ1n) is 6.56. The molecule has 0 fully saturated rings. The van der Waals surface area contributed by atoms with Crippen molar-refractivity contribution in [3.05, 3.63) is 54.2 Å². The summed E-state index contributed by atoms with van der Waals surface area (Å²) in [5.74, 6) is 0. The van der Waals surface area contributed by atoms with Gasteiger partial charge in [-0.15, -0.1) is 11.3 Å². The third-order valence-corrected chi connectivity index (χ3v) is 5.51. The molecule has 1 aromatic carbocycles. The number of nitrogens with one attached hydrogen (secondary N) is 1. The Kier molecular flexibility index (Phi) is 4.80. The Labute approximate surface area is 134 Å². The number of thiophene rings is 1. The highest BCUT2D eigenvalue weighted by atomic mass is 35.5. The van der Waals surface area contributed by atoms with E-state index in [4.69, 9.17) is 23.2 Å². The van der Waals surface area contributed by atoms with Gasteiger partial charge in [0.2, 0.25) is 0 Å². The molecule has 108 valence electrons. The van der Waals surface area contributed by atoms with Crippen LogP contribution in [0.1, 0.15) is 39.4 Å². The van der Waals surface area contributed by atoms with E-state index in [9.17, 15) is 0 Å². The Morgan fingerprint density at radius 2 is 1.55 bits per heavy atom. The first-order valence-corrected chi connectivity index (χ1v) is 8.13. The second-order valence-corrected chi connectivity index (χ2v) is 7.46. The highest BCUT2D eigenvalue weighted by molar-refractivity contribution is 7.20. The average Bonchev–Trinajstić information content (AvgIpc) is 2.71. The van der Waals surface area contributed by atoms with Crippen LogP contribution in [-0.4, -0.2) is 7.05 Å². The Balaban J connectivity index is 2.67. The first kappa shape index (κ1) is 15.8. The zero-order valence-corrected chi connectivity index (χ0v) is 14.7. The molecule has 1 nitrogen and oxygen atoms in total. The average molecular weight is 328 g/mol. The lowest BCUT2D eigenvalue weighted by molar-refractivity contribution is 0.684. The number of benzene rings is 1. The quantitative estimate of drug-likeness (QED) is 0.773. The zero-order valence-electron chi connectivity index (χ0n) is 12.4. The van der Waals surface area contributed by atoms with Gasteiger partial charge in [-0.2, -0.15) is 0 Å². The van der Waals surface area contributed by atoms with Crippen molar-refractivity contribution < 1.29 is 0 Å². The zero-order chi connectivity index (χ0) is 15.0. The SMILES string of the molecule is CNC(c1cc(Cl)sc1Cl)c1c(C)c(C)cc(C)c1C. The van der Waals surface area contributed by atoms with Crippen LogP contribution in [0.2, 0.25) is 8.67 Å². The molecule has 1 aromatic heterocycles. The molecule has 4 heteroatoms. The molecule has 1 unspecified atom stereocenters. The topological polar surface area (TPSA) is 12.0 Å². The summed E-state index contributed by atoms with van der Waals surface area (Å²) in [7, 11) is 1.96. The van der Waals surface area contributed by atoms with Gasteiger partial charge in [0.15, 0.2) is 0 Å². The monoisotopic (exact) mass is 327 g/mol. The molecule has 0 spiro atoms. The number of halogens is 2. The summed E-state index contributed by atoms with van der Waals surface area (Å²) in [5, 5.41) is 3.39. The van der Waals surface area contributed by atoms with Crippen molar-refractivity contribution in [2.45, 2.75) is 33.7 Å². The van der Waals surface area contributed by atoms with Gasteiger partial charge in [0.1, 0.15) is 0 Å². The molecule has 20 heavy (non-hydrogen) atoms. The molecule has 0 aliphatic rings. The predicted molar refractivity (Wildman–Crippen MR) is 90.6 cm³/mol. The third kappa shape index (κ3) is 2.75. The summed E-state index contributed by atoms with van der Waals surface area (Å²) in [6.07, 6.45) is 0. The van der Waals surface area contributed by atoms with Gasteiger partial charge in [-0.3, -0.25) is 0 Å². The summed E-state index contributed by atoms with van der Waals surface area (Å²) in [6, 6.07) is 4.28. The second-order valence-electron chi connectivity index (χ2n) is 5.18. The molecule has 2 aromatic rings. The molecule has 1 N–H and O–H groups in total. The highest BCUT2D eigenvalue weighted by Gasteiger charge is 2.22. The summed E-state index contributed by atoms with van der Waals surface area (Å²) >= 11 is 13.9. The fourth-order valence-corrected chi connectivity index (χ4v) is 4.22. The maximum absolute atomic E-state index is 6.35. The van der Waals surface area contributed by atoms with Gasteiger partial charge in [0.05, 0.1) is 14.7 Å². The van der Waals surface area contributed by atoms with Crippen LogP contribution in [0.5, 0.6) is 0 Å². The molecule has 0 saturated heterocycles. The van der Waals surface area contributed by atoms with Crippen LogP contribution in [0.25, 0.3) is 0 Å². The van der Waals surface area contributed by atoms with E-state index in [1.165, 1.54) is 39.2 Å². The predicted octanol–water partition coefficient (Wildman–Crippen LogP) is 5.60. The van der Waals surface area contributed by atoms with Crippen LogP contribution < -0.4 is 5.32 Å². The van der Waals surface area contributed by atoms with Crippen LogP contribution in [0.3, 0.4) is 0 Å². The van der Waals surface area contributed by atoms with Gasteiger partial charge in [-0.25, -0.2) is 0 Å². The number of aryl methyl sites for hydroxylation is 2. The summed E-state index contributed by atoms with van der Waals surface area (Å²) < 4.78 is 1.48. The van der Waals surface area contributed by atoms with Gasteiger partial charge in [-0.1, -0.05) is 29.3 Å². The van der Waals surface area contributed by atoms with Gasteiger partial charge in [0, 0.05) is 5.56 Å². The minimum Gasteiger partial charge on any atom is -0.309 e. The van der Waals surface area contributed by atoms with Gasteiger partial charge >= 0.3 is 0 Å². The Morgan fingerprint density at radius 1 is 1.00 bits per heavy atom. The largest absolute Gasteiger partial charge is 0.309 e. The minimum absolute atomic E-state index is 0.0739. The van der Waals surface area contributed by atoms with E-state index < -0.39 is 0 Å². The van der Waals surface area contributed by atoms with Crippen molar-refractivity contribution in [1.29, 1.82) is 0 Å². The van der Waals surface area contributed by atoms with Gasteiger partial charge in [-0.05, 0) is 68.6 Å². The van der Waals surface area contributed by atoms with Crippen LogP contribution >= 0.6 is 34.5 Å². The Morgan fingerprint density at radius 3 is 1.95 bits per heavy atom. The molecule has 0 saturated carbocycles. The van der Waals surface area contributed by atoms with Crippen LogP contribution in [0.15, 0.2) is 12.1 Å². The molecule has 0 amide bonds. The fraction of sp³-hybridized carbons (Fsp3) is 0.375. The van der Waals surface area contributed by atoms with E-state index in [0.29, 0.717) is 0 Å². The molecule has 2 rings (SSSR count). The Hall–Kier alpha value is -0.540. The van der Waals surface area contributed by atoms with E-state index >= 15 is 0 Å². The molecular formula is C16H19Cl2NS. The molecule has 0 aliphatic carbocycles. The fourth-order valence-electron chi connectivity index (χ4n) is 2.69. The van der Waals surface area contributed by atoms with E-state index in [0.717, 1.165) is 14.2 Å². The third-order valence-electron chi connectivity index (χ3n) is 4.00. The molecule has 1 atom stereocenters. The second kappa shape index (κ2) is 6.07. The van der Waals surface area contributed by atoms with Crippen LogP contribution in [0, 0.1) is 27.7 Å². The lowest BCUT2D eigenvalue weighted by Crippen LogP contribution is -2.20. The van der Waals surface area contributed by atoms with Crippen molar-refractivity contribution in [2.75, 3.05) is 7.05 Å². The lowest BCUT2D eigenvalue weighted by atomic mass is 9.87. The Bertz CT molecular complexity index is 620. The maximum atomic E-state index is 6.35. The van der Waals surface area contributed by atoms with Crippen molar-refractivity contribution >= 4 is 34.5 Å². The lowest BCUT2D eigenvalue weighted by Gasteiger charge is -2.23. The van der Waals surface area contributed by atoms with Gasteiger partial charge in [0.25, 0.3) is 0 Å². The summed E-state index contributed by atoms with van der Waals surface area (Å²) in [4.78, 5) is 0. The minimum atomic E-state index is 0.0739. The molecule has 1 heterocycles. The first-order chi connectivity index (χ1) is 9.36. The highest BCUT2D eigenvalue weighted by Crippen LogP contribution is 2.39. The normalized spacial score (nSPS) is 12.8. The van der Waals surface area contributed by atoms with Crippen molar-refractivity contribution in [3.8, 4) is 0 Å². The van der Waals surface area contributed by atoms with E-state index in [-0.39, 0.29) is 6.04 Å². The number of hydrogen-bond acceptors (Lipinski definition) is 2. The summed E-state index contributed by atoms with van der Waals surface area (Å²) in [5.41, 5.74) is 7.60. The van der Waals surface area contributed by atoms with E-state index in [1.54, 1.807) is 0 Å². The molecular weight excluding hydrogens is 309 g/mol.